The lowest BCUT2D eigenvalue weighted by Crippen LogP contribution is -2.25. The third-order valence-electron chi connectivity index (χ3n) is 2.65. The number of nitrogens with zero attached hydrogens (tertiary/aromatic N) is 1. The number of aliphatic imine (C=N–C) groups is 1. The minimum atomic E-state index is -0.524. The molecule has 116 valence electrons. The number of hydrogen-bond acceptors (Lipinski definition) is 5. The van der Waals surface area contributed by atoms with Crippen LogP contribution in [0.2, 0.25) is 0 Å². The second-order valence-electron chi connectivity index (χ2n) is 4.17. The Kier molecular flexibility index (Phi) is 7.44. The largest absolute Gasteiger partial charge is 0.481 e. The third-order valence-corrected chi connectivity index (χ3v) is 2.65. The van der Waals surface area contributed by atoms with E-state index in [0.717, 1.165) is 5.56 Å². The first-order valence-electron chi connectivity index (χ1n) is 6.88. The molecule has 0 unspecified atom stereocenters. The second-order valence-corrected chi connectivity index (χ2v) is 4.17. The van der Waals surface area contributed by atoms with Crippen LogP contribution in [0.4, 0.5) is 0 Å². The van der Waals surface area contributed by atoms with Gasteiger partial charge >= 0.3 is 5.97 Å². The predicted molar refractivity (Wildman–Crippen MR) is 87.5 cm³/mol. The van der Waals surface area contributed by atoms with E-state index >= 15 is 0 Å². The molecule has 1 rings (SSSR count). The summed E-state index contributed by atoms with van der Waals surface area (Å²) in [5, 5.41) is 0. The van der Waals surface area contributed by atoms with Crippen LogP contribution in [0.5, 0.6) is 5.75 Å². The fourth-order valence-electron chi connectivity index (χ4n) is 1.55. The Bertz CT molecular complexity index is 607. The first-order valence-corrected chi connectivity index (χ1v) is 6.88. The number of benzene rings is 1. The van der Waals surface area contributed by atoms with Gasteiger partial charge in [0.2, 0.25) is 0 Å². The van der Waals surface area contributed by atoms with Gasteiger partial charge in [0, 0.05) is 6.54 Å². The summed E-state index contributed by atoms with van der Waals surface area (Å²) in [5.41, 5.74) is 6.87. The highest BCUT2D eigenvalue weighted by atomic mass is 16.5. The molecule has 0 aliphatic rings. The van der Waals surface area contributed by atoms with Gasteiger partial charge in [-0.15, -0.1) is 5.92 Å². The van der Waals surface area contributed by atoms with E-state index in [1.54, 1.807) is 38.1 Å². The SMILES string of the molecule is C=C(N=C(CN)C(=O)OCC)c1ccc(OCC#CC)cc1. The summed E-state index contributed by atoms with van der Waals surface area (Å²) in [6.45, 7) is 7.94. The van der Waals surface area contributed by atoms with Crippen LogP contribution in [0.3, 0.4) is 0 Å². The molecular weight excluding hydrogens is 280 g/mol. The second kappa shape index (κ2) is 9.37. The van der Waals surface area contributed by atoms with Crippen molar-refractivity contribution in [3.8, 4) is 17.6 Å². The summed E-state index contributed by atoms with van der Waals surface area (Å²) >= 11 is 0. The van der Waals surface area contributed by atoms with Crippen molar-refractivity contribution in [2.45, 2.75) is 13.8 Å². The van der Waals surface area contributed by atoms with Gasteiger partial charge in [-0.3, -0.25) is 0 Å². The Labute approximate surface area is 130 Å². The zero-order valence-electron chi connectivity index (χ0n) is 12.9. The van der Waals surface area contributed by atoms with Gasteiger partial charge in [0.15, 0.2) is 0 Å². The molecule has 0 spiro atoms. The molecule has 0 amide bonds. The van der Waals surface area contributed by atoms with E-state index in [0.29, 0.717) is 18.1 Å². The molecule has 0 aromatic heterocycles. The number of hydrogen-bond donors (Lipinski definition) is 1. The molecule has 0 fully saturated rings. The maximum absolute atomic E-state index is 11.6. The minimum absolute atomic E-state index is 0.00522. The standard InChI is InChI=1S/C17H20N2O3/c1-4-6-11-22-15-9-7-14(8-10-15)13(3)19-16(12-18)17(20)21-5-2/h7-10H,3,5,11-12,18H2,1-2H3. The highest BCUT2D eigenvalue weighted by molar-refractivity contribution is 6.38. The van der Waals surface area contributed by atoms with E-state index in [2.05, 4.69) is 23.4 Å². The molecule has 0 saturated heterocycles. The van der Waals surface area contributed by atoms with Crippen molar-refractivity contribution in [2.75, 3.05) is 19.8 Å². The number of carbonyl (C=O) groups is 1. The van der Waals surface area contributed by atoms with Gasteiger partial charge in [-0.05, 0) is 43.7 Å². The smallest absolute Gasteiger partial charge is 0.354 e. The van der Waals surface area contributed by atoms with Gasteiger partial charge in [0.05, 0.1) is 12.3 Å². The summed E-state index contributed by atoms with van der Waals surface area (Å²) < 4.78 is 10.3. The van der Waals surface area contributed by atoms with E-state index in [-0.39, 0.29) is 18.9 Å². The maximum Gasteiger partial charge on any atom is 0.354 e. The van der Waals surface area contributed by atoms with Gasteiger partial charge in [0.25, 0.3) is 0 Å². The van der Waals surface area contributed by atoms with Crippen molar-refractivity contribution in [2.24, 2.45) is 10.7 Å². The molecular formula is C17H20N2O3. The van der Waals surface area contributed by atoms with Gasteiger partial charge in [-0.2, -0.15) is 0 Å². The van der Waals surface area contributed by atoms with E-state index in [9.17, 15) is 4.79 Å². The molecule has 1 aromatic rings. The van der Waals surface area contributed by atoms with Crippen molar-refractivity contribution in [3.63, 3.8) is 0 Å². The van der Waals surface area contributed by atoms with E-state index < -0.39 is 5.97 Å². The average molecular weight is 300 g/mol. The Balaban J connectivity index is 2.79. The van der Waals surface area contributed by atoms with Crippen molar-refractivity contribution < 1.29 is 14.3 Å². The average Bonchev–Trinajstić information content (AvgIpc) is 2.53. The Hall–Kier alpha value is -2.58. The Morgan fingerprint density at radius 2 is 2.05 bits per heavy atom. The fourth-order valence-corrected chi connectivity index (χ4v) is 1.55. The van der Waals surface area contributed by atoms with E-state index in [1.807, 2.05) is 0 Å². The normalized spacial score (nSPS) is 10.4. The third kappa shape index (κ3) is 5.43. The van der Waals surface area contributed by atoms with Crippen LogP contribution in [0.25, 0.3) is 5.70 Å². The van der Waals surface area contributed by atoms with Crippen LogP contribution < -0.4 is 10.5 Å². The molecule has 1 aromatic carbocycles. The maximum atomic E-state index is 11.6. The molecule has 0 atom stereocenters. The molecule has 2 N–H and O–H groups in total. The number of esters is 1. The molecule has 0 bridgehead atoms. The highest BCUT2D eigenvalue weighted by Crippen LogP contribution is 2.18. The lowest BCUT2D eigenvalue weighted by atomic mass is 10.1. The fraction of sp³-hybridized carbons (Fsp3) is 0.294. The quantitative estimate of drug-likeness (QED) is 0.475. The van der Waals surface area contributed by atoms with Crippen molar-refractivity contribution in [3.05, 3.63) is 36.4 Å². The minimum Gasteiger partial charge on any atom is -0.481 e. The molecule has 5 nitrogen and oxygen atoms in total. The summed E-state index contributed by atoms with van der Waals surface area (Å²) in [6, 6.07) is 7.19. The Morgan fingerprint density at radius 3 is 2.59 bits per heavy atom. The number of nitrogens with two attached hydrogens (primary N) is 1. The topological polar surface area (TPSA) is 73.9 Å². The lowest BCUT2D eigenvalue weighted by molar-refractivity contribution is -0.135. The highest BCUT2D eigenvalue weighted by Gasteiger charge is 2.11. The van der Waals surface area contributed by atoms with Crippen LogP contribution in [-0.4, -0.2) is 31.4 Å². The van der Waals surface area contributed by atoms with Gasteiger partial charge in [0.1, 0.15) is 18.1 Å². The zero-order chi connectivity index (χ0) is 16.4. The molecule has 0 aliphatic heterocycles. The van der Waals surface area contributed by atoms with Crippen LogP contribution in [0, 0.1) is 11.8 Å². The van der Waals surface area contributed by atoms with Crippen molar-refractivity contribution in [1.29, 1.82) is 0 Å². The van der Waals surface area contributed by atoms with Crippen LogP contribution in [0.15, 0.2) is 35.8 Å². The lowest BCUT2D eigenvalue weighted by Gasteiger charge is -2.07. The van der Waals surface area contributed by atoms with Crippen LogP contribution >= 0.6 is 0 Å². The molecule has 22 heavy (non-hydrogen) atoms. The van der Waals surface area contributed by atoms with Crippen molar-refractivity contribution in [1.82, 2.24) is 0 Å². The summed E-state index contributed by atoms with van der Waals surface area (Å²) in [4.78, 5) is 15.8. The van der Waals surface area contributed by atoms with Crippen LogP contribution in [-0.2, 0) is 9.53 Å². The zero-order valence-corrected chi connectivity index (χ0v) is 12.9. The number of ether oxygens (including phenoxy) is 2. The molecule has 0 radical (unpaired) electrons. The summed E-state index contributed by atoms with van der Waals surface area (Å²) in [6.07, 6.45) is 0. The predicted octanol–water partition coefficient (Wildman–Crippen LogP) is 2.02. The van der Waals surface area contributed by atoms with E-state index in [1.165, 1.54) is 0 Å². The number of carbonyl (C=O) groups excluding carboxylic acids is 1. The van der Waals surface area contributed by atoms with Gasteiger partial charge in [-0.25, -0.2) is 9.79 Å². The van der Waals surface area contributed by atoms with Gasteiger partial charge in [-0.1, -0.05) is 12.5 Å². The molecule has 0 heterocycles. The van der Waals surface area contributed by atoms with Crippen molar-refractivity contribution >= 4 is 17.4 Å². The molecule has 0 aliphatic carbocycles. The molecule has 0 saturated carbocycles. The summed E-state index contributed by atoms with van der Waals surface area (Å²) in [5.74, 6) is 5.75. The monoisotopic (exact) mass is 300 g/mol. The first kappa shape index (κ1) is 17.5. The molecule has 5 heteroatoms. The van der Waals surface area contributed by atoms with Crippen LogP contribution in [0.1, 0.15) is 19.4 Å². The first-order chi connectivity index (χ1) is 10.6. The number of rotatable bonds is 7. The summed E-state index contributed by atoms with van der Waals surface area (Å²) in [7, 11) is 0. The van der Waals surface area contributed by atoms with E-state index in [4.69, 9.17) is 15.2 Å². The Morgan fingerprint density at radius 1 is 1.36 bits per heavy atom. The van der Waals surface area contributed by atoms with Gasteiger partial charge < -0.3 is 15.2 Å².